The highest BCUT2D eigenvalue weighted by molar-refractivity contribution is 6.33. The Balaban J connectivity index is 1.56. The number of carbonyl (C=O) groups excluding carboxylic acids is 1. The number of rotatable bonds is 7. The lowest BCUT2D eigenvalue weighted by Gasteiger charge is -2.27. The minimum Gasteiger partial charge on any atom is -0.492 e. The van der Waals surface area contributed by atoms with Gasteiger partial charge in [0.2, 0.25) is 0 Å². The average Bonchev–Trinajstić information content (AvgIpc) is 3.13. The number of carbonyl (C=O) groups is 1. The van der Waals surface area contributed by atoms with Crippen LogP contribution in [0.25, 0.3) is 11.3 Å². The molecule has 1 aliphatic heterocycles. The maximum absolute atomic E-state index is 14.0. The fourth-order valence-corrected chi connectivity index (χ4v) is 3.99. The topological polar surface area (TPSA) is 71.4 Å². The number of aryl methyl sites for hydroxylation is 1. The highest BCUT2D eigenvalue weighted by atomic mass is 35.5. The molecule has 2 heterocycles. The first-order valence-corrected chi connectivity index (χ1v) is 10.9. The zero-order valence-electron chi connectivity index (χ0n) is 18.1. The quantitative estimate of drug-likeness (QED) is 0.547. The predicted octanol–water partition coefficient (Wildman–Crippen LogP) is 3.56. The van der Waals surface area contributed by atoms with Crippen molar-refractivity contribution in [3.8, 4) is 17.0 Å². The van der Waals surface area contributed by atoms with E-state index in [1.54, 1.807) is 29.9 Å². The lowest BCUT2D eigenvalue weighted by Crippen LogP contribution is -2.44. The van der Waals surface area contributed by atoms with E-state index >= 15 is 0 Å². The van der Waals surface area contributed by atoms with E-state index in [1.165, 1.54) is 6.20 Å². The van der Waals surface area contributed by atoms with Crippen molar-refractivity contribution >= 4 is 23.2 Å². The second-order valence-corrected chi connectivity index (χ2v) is 8.10. The van der Waals surface area contributed by atoms with Gasteiger partial charge in [-0.3, -0.25) is 14.4 Å². The summed E-state index contributed by atoms with van der Waals surface area (Å²) in [7, 11) is 1.75. The second kappa shape index (κ2) is 10.3. The summed E-state index contributed by atoms with van der Waals surface area (Å²) in [5.74, 6) is -1.79. The van der Waals surface area contributed by atoms with Crippen molar-refractivity contribution in [1.29, 1.82) is 0 Å². The number of amides is 1. The predicted molar refractivity (Wildman–Crippen MR) is 123 cm³/mol. The van der Waals surface area contributed by atoms with Crippen LogP contribution in [-0.4, -0.2) is 59.9 Å². The maximum atomic E-state index is 14.0. The fourth-order valence-electron chi connectivity index (χ4n) is 3.72. The molecular weight excluding hydrogens is 452 g/mol. The second-order valence-electron chi connectivity index (χ2n) is 7.69. The van der Waals surface area contributed by atoms with Gasteiger partial charge in [0.1, 0.15) is 24.0 Å². The molecule has 0 saturated carbocycles. The van der Waals surface area contributed by atoms with Gasteiger partial charge in [0.05, 0.1) is 22.5 Å². The molecule has 1 amide bonds. The highest BCUT2D eigenvalue weighted by Crippen LogP contribution is 2.36. The minimum absolute atomic E-state index is 0.257. The molecule has 1 aromatic heterocycles. The first-order chi connectivity index (χ1) is 15.9. The largest absolute Gasteiger partial charge is 0.492 e. The molecule has 2 aromatic carbocycles. The van der Waals surface area contributed by atoms with Crippen LogP contribution in [0, 0.1) is 11.6 Å². The van der Waals surface area contributed by atoms with Crippen molar-refractivity contribution in [1.82, 2.24) is 20.0 Å². The summed E-state index contributed by atoms with van der Waals surface area (Å²) in [6.45, 7) is 5.11. The Labute approximate surface area is 195 Å². The van der Waals surface area contributed by atoms with Crippen LogP contribution in [0.15, 0.2) is 42.6 Å². The Hall–Kier alpha value is -3.01. The number of piperazine rings is 1. The van der Waals surface area contributed by atoms with Gasteiger partial charge in [0.25, 0.3) is 5.91 Å². The van der Waals surface area contributed by atoms with E-state index in [0.717, 1.165) is 44.9 Å². The summed E-state index contributed by atoms with van der Waals surface area (Å²) in [5.41, 5.74) is 1.41. The Morgan fingerprint density at radius 3 is 2.70 bits per heavy atom. The molecule has 0 atom stereocenters. The Morgan fingerprint density at radius 2 is 2.00 bits per heavy atom. The molecule has 1 aliphatic rings. The van der Waals surface area contributed by atoms with Gasteiger partial charge in [0, 0.05) is 57.1 Å². The van der Waals surface area contributed by atoms with Crippen LogP contribution in [0.2, 0.25) is 5.02 Å². The van der Waals surface area contributed by atoms with Crippen molar-refractivity contribution in [2.24, 2.45) is 7.05 Å². The molecule has 33 heavy (non-hydrogen) atoms. The van der Waals surface area contributed by atoms with E-state index in [1.807, 2.05) is 0 Å². The van der Waals surface area contributed by atoms with Gasteiger partial charge in [-0.1, -0.05) is 11.6 Å². The first-order valence-electron chi connectivity index (χ1n) is 10.6. The van der Waals surface area contributed by atoms with E-state index in [4.69, 9.17) is 16.3 Å². The van der Waals surface area contributed by atoms with Crippen LogP contribution >= 0.6 is 11.6 Å². The molecular formula is C23H24ClF2N5O2. The van der Waals surface area contributed by atoms with E-state index in [2.05, 4.69) is 20.6 Å². The molecule has 4 rings (SSSR count). The molecule has 1 fully saturated rings. The van der Waals surface area contributed by atoms with Crippen molar-refractivity contribution < 1.29 is 18.3 Å². The van der Waals surface area contributed by atoms with Crippen molar-refractivity contribution in [2.75, 3.05) is 44.6 Å². The summed E-state index contributed by atoms with van der Waals surface area (Å²) in [6.07, 6.45) is 1.53. The number of hydrogen-bond acceptors (Lipinski definition) is 5. The number of anilines is 1. The molecule has 3 aromatic rings. The van der Waals surface area contributed by atoms with Crippen LogP contribution in [0.4, 0.5) is 14.5 Å². The number of ether oxygens (including phenoxy) is 1. The normalized spacial score (nSPS) is 14.3. The van der Waals surface area contributed by atoms with Crippen molar-refractivity contribution in [3.05, 3.63) is 64.8 Å². The summed E-state index contributed by atoms with van der Waals surface area (Å²) in [4.78, 5) is 14.9. The summed E-state index contributed by atoms with van der Waals surface area (Å²) in [6, 6.07) is 7.90. The van der Waals surface area contributed by atoms with Gasteiger partial charge in [-0.15, -0.1) is 0 Å². The number of hydrogen-bond donors (Lipinski definition) is 2. The third-order valence-corrected chi connectivity index (χ3v) is 5.71. The van der Waals surface area contributed by atoms with E-state index in [9.17, 15) is 13.6 Å². The molecule has 0 aliphatic carbocycles. The average molecular weight is 476 g/mol. The van der Waals surface area contributed by atoms with E-state index < -0.39 is 17.5 Å². The van der Waals surface area contributed by atoms with Gasteiger partial charge in [0.15, 0.2) is 0 Å². The van der Waals surface area contributed by atoms with E-state index in [-0.39, 0.29) is 5.56 Å². The Kier molecular flexibility index (Phi) is 7.22. The standard InChI is InChI=1S/C23H24ClF2N5O2/c1-30-22(19(24)14-28-30)18-13-16(29-23(32)17-4-2-15(25)12-20(17)26)3-5-21(18)33-11-10-31-8-6-27-7-9-31/h2-5,12-14,27H,6-11H2,1H3,(H,29,32). The molecule has 0 radical (unpaired) electrons. The maximum Gasteiger partial charge on any atom is 0.258 e. The molecule has 1 saturated heterocycles. The van der Waals surface area contributed by atoms with Crippen LogP contribution in [-0.2, 0) is 7.05 Å². The fraction of sp³-hybridized carbons (Fsp3) is 0.304. The molecule has 2 N–H and O–H groups in total. The lowest BCUT2D eigenvalue weighted by molar-refractivity contribution is 0.102. The van der Waals surface area contributed by atoms with Gasteiger partial charge < -0.3 is 15.4 Å². The SMILES string of the molecule is Cn1ncc(Cl)c1-c1cc(NC(=O)c2ccc(F)cc2F)ccc1OCCN1CCNCC1. The van der Waals surface area contributed by atoms with Crippen molar-refractivity contribution in [2.45, 2.75) is 0 Å². The number of nitrogens with one attached hydrogen (secondary N) is 2. The monoisotopic (exact) mass is 475 g/mol. The van der Waals surface area contributed by atoms with Gasteiger partial charge in [-0.2, -0.15) is 5.10 Å². The summed E-state index contributed by atoms with van der Waals surface area (Å²) in [5, 5.41) is 10.6. The highest BCUT2D eigenvalue weighted by Gasteiger charge is 2.18. The number of aromatic nitrogens is 2. The lowest BCUT2D eigenvalue weighted by atomic mass is 10.1. The summed E-state index contributed by atoms with van der Waals surface area (Å²) < 4.78 is 34.9. The number of nitrogens with zero attached hydrogens (tertiary/aromatic N) is 3. The third-order valence-electron chi connectivity index (χ3n) is 5.44. The summed E-state index contributed by atoms with van der Waals surface area (Å²) >= 11 is 6.37. The number of halogens is 3. The Morgan fingerprint density at radius 1 is 1.21 bits per heavy atom. The third kappa shape index (κ3) is 5.50. The van der Waals surface area contributed by atoms with Crippen LogP contribution in [0.5, 0.6) is 5.75 Å². The molecule has 7 nitrogen and oxygen atoms in total. The minimum atomic E-state index is -0.935. The molecule has 10 heteroatoms. The van der Waals surface area contributed by atoms with Gasteiger partial charge in [-0.25, -0.2) is 8.78 Å². The first kappa shape index (κ1) is 23.2. The zero-order chi connectivity index (χ0) is 23.4. The van der Waals surface area contributed by atoms with Crippen LogP contribution in [0.1, 0.15) is 10.4 Å². The van der Waals surface area contributed by atoms with Gasteiger partial charge in [-0.05, 0) is 30.3 Å². The molecule has 0 unspecified atom stereocenters. The van der Waals surface area contributed by atoms with Crippen LogP contribution < -0.4 is 15.4 Å². The smallest absolute Gasteiger partial charge is 0.258 e. The van der Waals surface area contributed by atoms with Crippen molar-refractivity contribution in [3.63, 3.8) is 0 Å². The Bertz CT molecular complexity index is 1130. The zero-order valence-corrected chi connectivity index (χ0v) is 18.8. The van der Waals surface area contributed by atoms with Crippen LogP contribution in [0.3, 0.4) is 0 Å². The number of benzene rings is 2. The molecule has 174 valence electrons. The molecule has 0 bridgehead atoms. The molecule has 0 spiro atoms. The van der Waals surface area contributed by atoms with E-state index in [0.29, 0.717) is 40.4 Å². The van der Waals surface area contributed by atoms with Gasteiger partial charge >= 0.3 is 0 Å².